The average Bonchev–Trinajstić information content (AvgIpc) is 2.92. The third-order valence-corrected chi connectivity index (χ3v) is 7.46. The van der Waals surface area contributed by atoms with Crippen LogP contribution in [0.25, 0.3) is 0 Å². The SMILES string of the molecule is NCC1O[C@H](OC2C(N)CC(N)[C@@H](OC3O[C@H](COc4ccccc4)C(O)[C@@H](N)[C@H]3O)[C@H]2O)C(O)[C@@H](O)[C@@H]1O.[Cl-].[Cl-].[Cl-].[Cl-]. The lowest BCUT2D eigenvalue weighted by molar-refractivity contribution is -0.331. The third-order valence-electron chi connectivity index (χ3n) is 7.46. The summed E-state index contributed by atoms with van der Waals surface area (Å²) in [4.78, 5) is 0. The fourth-order valence-corrected chi connectivity index (χ4v) is 5.08. The van der Waals surface area contributed by atoms with Crippen LogP contribution in [0, 0.1) is 0 Å². The Hall–Kier alpha value is -0.380. The Kier molecular flexibility index (Phi) is 18.5. The van der Waals surface area contributed by atoms with E-state index < -0.39 is 91.7 Å². The molecule has 2 heterocycles. The number of aliphatic hydroxyl groups is 6. The fraction of sp³-hybridized carbons (Fsp3) is 0.750. The number of halogens is 4. The van der Waals surface area contributed by atoms with E-state index in [9.17, 15) is 30.6 Å². The summed E-state index contributed by atoms with van der Waals surface area (Å²) in [7, 11) is 0. The van der Waals surface area contributed by atoms with Gasteiger partial charge in [-0.15, -0.1) is 0 Å². The molecule has 3 aliphatic rings. The molecule has 1 aromatic rings. The van der Waals surface area contributed by atoms with Crippen LogP contribution < -0.4 is 77.3 Å². The van der Waals surface area contributed by atoms with E-state index in [4.69, 9.17) is 46.6 Å². The van der Waals surface area contributed by atoms with Gasteiger partial charge in [-0.1, -0.05) is 18.2 Å². The summed E-state index contributed by atoms with van der Waals surface area (Å²) in [6, 6.07) is 6.00. The van der Waals surface area contributed by atoms with Gasteiger partial charge in [-0.05, 0) is 18.6 Å². The molecule has 3 fully saturated rings. The van der Waals surface area contributed by atoms with Crippen LogP contribution in [0.2, 0.25) is 0 Å². The molecule has 0 aromatic heterocycles. The summed E-state index contributed by atoms with van der Waals surface area (Å²) >= 11 is 0. The van der Waals surface area contributed by atoms with E-state index in [2.05, 4.69) is 0 Å². The number of para-hydroxylation sites is 1. The summed E-state index contributed by atoms with van der Waals surface area (Å²) in [5.74, 6) is 0.533. The molecule has 1 aliphatic carbocycles. The largest absolute Gasteiger partial charge is 1.00 e. The molecule has 43 heavy (non-hydrogen) atoms. The minimum atomic E-state index is -1.66. The summed E-state index contributed by atoms with van der Waals surface area (Å²) in [5, 5.41) is 62.9. The molecule has 0 bridgehead atoms. The Morgan fingerprint density at radius 1 is 0.651 bits per heavy atom. The van der Waals surface area contributed by atoms with Crippen LogP contribution >= 0.6 is 0 Å². The minimum absolute atomic E-state index is 0. The van der Waals surface area contributed by atoms with Crippen molar-refractivity contribution in [3.8, 4) is 5.75 Å². The molecule has 0 radical (unpaired) electrons. The van der Waals surface area contributed by atoms with Crippen LogP contribution in [0.5, 0.6) is 5.75 Å². The van der Waals surface area contributed by atoms with Gasteiger partial charge >= 0.3 is 0 Å². The van der Waals surface area contributed by atoms with Crippen molar-refractivity contribution in [3.05, 3.63) is 30.3 Å². The van der Waals surface area contributed by atoms with Gasteiger partial charge in [0.1, 0.15) is 73.4 Å². The Morgan fingerprint density at radius 3 is 1.70 bits per heavy atom. The first-order valence-electron chi connectivity index (χ1n) is 12.9. The lowest BCUT2D eigenvalue weighted by atomic mass is 9.84. The number of hydrogen-bond acceptors (Lipinski definition) is 15. The quantitative estimate of drug-likeness (QED) is 0.121. The molecule has 7 unspecified atom stereocenters. The fourth-order valence-electron chi connectivity index (χ4n) is 5.08. The standard InChI is InChI=1S/C24H40N4O11.4ClH/c25-7-12-16(30)18(32)19(33)24(36-12)39-22-11(27)6-10(26)21(20(22)34)38-23-17(31)14(28)15(29)13(37-23)8-35-9-4-2-1-3-5-9;;;;/h1-5,10-24,29-34H,6-8,25-28H2;4*1H/p-4/t10?,11?,12?,13-,14-,15?,16-,17-,18+,19?,20-,21-,22?,23?,24-;;;;/m1..../s1. The summed E-state index contributed by atoms with van der Waals surface area (Å²) in [5.41, 5.74) is 24.0. The first-order valence-corrected chi connectivity index (χ1v) is 12.9. The minimum Gasteiger partial charge on any atom is -1.00 e. The predicted molar refractivity (Wildman–Crippen MR) is 133 cm³/mol. The van der Waals surface area contributed by atoms with E-state index in [1.807, 2.05) is 6.07 Å². The molecule has 0 amide bonds. The molecular weight excluding hydrogens is 662 g/mol. The van der Waals surface area contributed by atoms with Gasteiger partial charge in [-0.3, -0.25) is 0 Å². The zero-order valence-corrected chi connectivity index (χ0v) is 25.7. The van der Waals surface area contributed by atoms with E-state index in [1.165, 1.54) is 0 Å². The molecule has 4 rings (SSSR count). The molecule has 1 saturated carbocycles. The molecule has 1 aromatic carbocycles. The zero-order chi connectivity index (χ0) is 28.4. The highest BCUT2D eigenvalue weighted by molar-refractivity contribution is 5.21. The molecule has 254 valence electrons. The van der Waals surface area contributed by atoms with Gasteiger partial charge in [0, 0.05) is 18.6 Å². The van der Waals surface area contributed by atoms with Crippen molar-refractivity contribution in [3.63, 3.8) is 0 Å². The number of nitrogens with two attached hydrogens (primary N) is 4. The molecule has 2 aliphatic heterocycles. The molecule has 2 saturated heterocycles. The highest BCUT2D eigenvalue weighted by Gasteiger charge is 2.51. The van der Waals surface area contributed by atoms with Crippen LogP contribution in [0.1, 0.15) is 6.42 Å². The van der Waals surface area contributed by atoms with E-state index >= 15 is 0 Å². The molecule has 0 spiro atoms. The Bertz CT molecular complexity index is 923. The van der Waals surface area contributed by atoms with Crippen molar-refractivity contribution in [1.82, 2.24) is 0 Å². The van der Waals surface area contributed by atoms with Crippen molar-refractivity contribution in [1.29, 1.82) is 0 Å². The van der Waals surface area contributed by atoms with Crippen LogP contribution in [0.15, 0.2) is 30.3 Å². The number of hydrogen-bond donors (Lipinski definition) is 10. The third kappa shape index (κ3) is 9.57. The van der Waals surface area contributed by atoms with Gasteiger partial charge in [-0.25, -0.2) is 0 Å². The molecule has 14 N–H and O–H groups in total. The van der Waals surface area contributed by atoms with E-state index in [0.29, 0.717) is 5.75 Å². The van der Waals surface area contributed by atoms with Gasteiger partial charge in [0.15, 0.2) is 12.6 Å². The Balaban J connectivity index is 0.00000441. The first-order chi connectivity index (χ1) is 18.5. The van der Waals surface area contributed by atoms with Gasteiger partial charge in [0.05, 0.1) is 6.04 Å². The predicted octanol–water partition coefficient (Wildman–Crippen LogP) is -17.2. The first kappa shape index (κ1) is 42.6. The summed E-state index contributed by atoms with van der Waals surface area (Å²) in [6.07, 6.45) is -16.2. The molecular formula is C24H40Cl4N4O11-4. The second-order valence-electron chi connectivity index (χ2n) is 10.2. The number of benzene rings is 1. The highest BCUT2D eigenvalue weighted by atomic mass is 35.5. The Labute approximate surface area is 273 Å². The van der Waals surface area contributed by atoms with Gasteiger partial charge in [-0.2, -0.15) is 0 Å². The van der Waals surface area contributed by atoms with E-state index in [-0.39, 0.29) is 69.2 Å². The van der Waals surface area contributed by atoms with Crippen molar-refractivity contribution in [2.45, 2.75) is 98.2 Å². The second kappa shape index (κ2) is 18.7. The highest BCUT2D eigenvalue weighted by Crippen LogP contribution is 2.31. The van der Waals surface area contributed by atoms with Gasteiger partial charge in [0.25, 0.3) is 0 Å². The van der Waals surface area contributed by atoms with Crippen LogP contribution in [0.4, 0.5) is 0 Å². The maximum absolute atomic E-state index is 11.2. The van der Waals surface area contributed by atoms with Crippen LogP contribution in [0.3, 0.4) is 0 Å². The smallest absolute Gasteiger partial charge is 0.187 e. The second-order valence-corrected chi connectivity index (χ2v) is 10.2. The number of ether oxygens (including phenoxy) is 5. The van der Waals surface area contributed by atoms with Crippen molar-refractivity contribution >= 4 is 0 Å². The molecule has 15 atom stereocenters. The zero-order valence-electron chi connectivity index (χ0n) is 22.7. The maximum Gasteiger partial charge on any atom is 0.187 e. The molecule has 19 heteroatoms. The van der Waals surface area contributed by atoms with E-state index in [0.717, 1.165) is 0 Å². The lowest BCUT2D eigenvalue weighted by Crippen LogP contribution is -3.00. The Morgan fingerprint density at radius 2 is 1.16 bits per heavy atom. The van der Waals surface area contributed by atoms with Gasteiger partial charge in [0.2, 0.25) is 0 Å². The summed E-state index contributed by atoms with van der Waals surface area (Å²) in [6.45, 7) is -0.270. The van der Waals surface area contributed by atoms with Crippen molar-refractivity contribution < 1.29 is 104 Å². The molecule has 15 nitrogen and oxygen atoms in total. The monoisotopic (exact) mass is 700 g/mol. The van der Waals surface area contributed by atoms with Crippen molar-refractivity contribution in [2.75, 3.05) is 13.2 Å². The lowest BCUT2D eigenvalue weighted by Gasteiger charge is -2.48. The summed E-state index contributed by atoms with van der Waals surface area (Å²) < 4.78 is 28.6. The normalized spacial score (nSPS) is 42.7. The maximum atomic E-state index is 11.2. The van der Waals surface area contributed by atoms with Crippen molar-refractivity contribution in [2.24, 2.45) is 22.9 Å². The number of rotatable bonds is 8. The number of aliphatic hydroxyl groups excluding tert-OH is 6. The topological polar surface area (TPSA) is 272 Å². The van der Waals surface area contributed by atoms with Gasteiger partial charge < -0.3 is 127 Å². The van der Waals surface area contributed by atoms with Crippen LogP contribution in [-0.4, -0.2) is 136 Å². The van der Waals surface area contributed by atoms with Crippen LogP contribution in [-0.2, 0) is 18.9 Å². The van der Waals surface area contributed by atoms with E-state index in [1.54, 1.807) is 24.3 Å². The average molecular weight is 702 g/mol.